The van der Waals surface area contributed by atoms with E-state index in [1.807, 2.05) is 6.07 Å². The number of rotatable bonds is 7. The first kappa shape index (κ1) is 19.0. The third-order valence-electron chi connectivity index (χ3n) is 3.40. The molecule has 0 radical (unpaired) electrons. The predicted octanol–water partition coefficient (Wildman–Crippen LogP) is 2.40. The average Bonchev–Trinajstić information content (AvgIpc) is 2.65. The number of hydrogen-bond donors (Lipinski definition) is 2. The Morgan fingerprint density at radius 2 is 1.92 bits per heavy atom. The van der Waals surface area contributed by atoms with Gasteiger partial charge in [0.25, 0.3) is 11.8 Å². The number of carbonyl (C=O) groups is 2. The third kappa shape index (κ3) is 5.07. The van der Waals surface area contributed by atoms with E-state index in [2.05, 4.69) is 17.4 Å². The lowest BCUT2D eigenvalue weighted by molar-refractivity contribution is -0.123. The van der Waals surface area contributed by atoms with Crippen LogP contribution in [0.25, 0.3) is 0 Å². The molecule has 6 nitrogen and oxygen atoms in total. The van der Waals surface area contributed by atoms with Crippen LogP contribution in [-0.4, -0.2) is 25.5 Å². The van der Waals surface area contributed by atoms with Gasteiger partial charge in [0.15, 0.2) is 18.1 Å². The minimum absolute atomic E-state index is 0.173. The fraction of sp³-hybridized carbons (Fsp3) is 0.158. The van der Waals surface area contributed by atoms with Gasteiger partial charge in [-0.3, -0.25) is 20.4 Å². The van der Waals surface area contributed by atoms with E-state index >= 15 is 0 Å². The van der Waals surface area contributed by atoms with Crippen molar-refractivity contribution in [1.29, 1.82) is 0 Å². The average molecular weight is 358 g/mol. The highest BCUT2D eigenvalue weighted by molar-refractivity contribution is 5.95. The van der Waals surface area contributed by atoms with E-state index in [4.69, 9.17) is 9.47 Å². The third-order valence-corrected chi connectivity index (χ3v) is 3.40. The molecule has 2 N–H and O–H groups in total. The number of methoxy groups -OCH3 is 1. The number of carbonyl (C=O) groups excluding carboxylic acids is 2. The Labute approximate surface area is 150 Å². The van der Waals surface area contributed by atoms with Crippen molar-refractivity contribution in [2.75, 3.05) is 13.7 Å². The van der Waals surface area contributed by atoms with Crippen LogP contribution in [0, 0.1) is 5.82 Å². The topological polar surface area (TPSA) is 76.7 Å². The van der Waals surface area contributed by atoms with E-state index in [1.54, 1.807) is 18.2 Å². The molecule has 0 aliphatic carbocycles. The molecule has 0 saturated heterocycles. The van der Waals surface area contributed by atoms with E-state index < -0.39 is 17.6 Å². The van der Waals surface area contributed by atoms with Crippen LogP contribution in [0.1, 0.15) is 15.9 Å². The van der Waals surface area contributed by atoms with Crippen LogP contribution >= 0.6 is 0 Å². The largest absolute Gasteiger partial charge is 0.493 e. The molecular formula is C19H19FN2O4. The number of hydrazine groups is 1. The Morgan fingerprint density at radius 1 is 1.15 bits per heavy atom. The summed E-state index contributed by atoms with van der Waals surface area (Å²) in [5.74, 6) is -1.18. The zero-order chi connectivity index (χ0) is 18.9. The molecule has 0 aliphatic heterocycles. The first-order chi connectivity index (χ1) is 12.5. The van der Waals surface area contributed by atoms with E-state index in [1.165, 1.54) is 25.3 Å². The molecule has 2 aromatic carbocycles. The predicted molar refractivity (Wildman–Crippen MR) is 94.4 cm³/mol. The Balaban J connectivity index is 1.88. The number of halogens is 1. The van der Waals surface area contributed by atoms with Crippen molar-refractivity contribution >= 4 is 11.8 Å². The van der Waals surface area contributed by atoms with Crippen molar-refractivity contribution in [1.82, 2.24) is 10.9 Å². The number of ether oxygens (including phenoxy) is 2. The Bertz CT molecular complexity index is 808. The lowest BCUT2D eigenvalue weighted by atomic mass is 10.1. The molecule has 0 atom stereocenters. The molecule has 0 heterocycles. The fourth-order valence-electron chi connectivity index (χ4n) is 2.14. The molecule has 0 fully saturated rings. The van der Waals surface area contributed by atoms with Crippen LogP contribution in [0.15, 0.2) is 55.1 Å². The maximum Gasteiger partial charge on any atom is 0.276 e. The lowest BCUT2D eigenvalue weighted by Crippen LogP contribution is -2.44. The highest BCUT2D eigenvalue weighted by atomic mass is 19.1. The van der Waals surface area contributed by atoms with Gasteiger partial charge in [-0.15, -0.1) is 6.58 Å². The second-order valence-electron chi connectivity index (χ2n) is 5.25. The molecule has 2 amide bonds. The van der Waals surface area contributed by atoms with Gasteiger partial charge in [-0.25, -0.2) is 4.39 Å². The molecule has 7 heteroatoms. The fourth-order valence-corrected chi connectivity index (χ4v) is 2.14. The SMILES string of the molecule is C=CCc1ccc(OCC(=O)NNC(=O)c2ccccc2F)c(OC)c1. The summed E-state index contributed by atoms with van der Waals surface area (Å²) in [6, 6.07) is 10.7. The summed E-state index contributed by atoms with van der Waals surface area (Å²) in [7, 11) is 1.49. The maximum atomic E-state index is 13.5. The molecule has 136 valence electrons. The van der Waals surface area contributed by atoms with E-state index in [0.717, 1.165) is 11.6 Å². The van der Waals surface area contributed by atoms with Crippen LogP contribution in [-0.2, 0) is 11.2 Å². The lowest BCUT2D eigenvalue weighted by Gasteiger charge is -2.12. The zero-order valence-corrected chi connectivity index (χ0v) is 14.3. The summed E-state index contributed by atoms with van der Waals surface area (Å²) in [4.78, 5) is 23.6. The smallest absolute Gasteiger partial charge is 0.276 e. The summed E-state index contributed by atoms with van der Waals surface area (Å²) in [6.45, 7) is 3.32. The van der Waals surface area contributed by atoms with E-state index in [9.17, 15) is 14.0 Å². The summed E-state index contributed by atoms with van der Waals surface area (Å²) < 4.78 is 24.1. The monoisotopic (exact) mass is 358 g/mol. The molecule has 0 bridgehead atoms. The van der Waals surface area contributed by atoms with Gasteiger partial charge in [-0.1, -0.05) is 24.3 Å². The van der Waals surface area contributed by atoms with Crippen molar-refractivity contribution in [3.63, 3.8) is 0 Å². The van der Waals surface area contributed by atoms with E-state index in [0.29, 0.717) is 17.9 Å². The summed E-state index contributed by atoms with van der Waals surface area (Å²) >= 11 is 0. The molecule has 2 aromatic rings. The zero-order valence-electron chi connectivity index (χ0n) is 14.3. The molecule has 2 rings (SSSR count). The Hall–Kier alpha value is -3.35. The van der Waals surface area contributed by atoms with Gasteiger partial charge >= 0.3 is 0 Å². The standard InChI is InChI=1S/C19H19FN2O4/c1-3-6-13-9-10-16(17(11-13)25-2)26-12-18(23)21-22-19(24)14-7-4-5-8-15(14)20/h3-5,7-11H,1,6,12H2,2H3,(H,21,23)(H,22,24). The summed E-state index contributed by atoms with van der Waals surface area (Å²) in [5, 5.41) is 0. The van der Waals surface area contributed by atoms with Crippen LogP contribution in [0.4, 0.5) is 4.39 Å². The molecule has 0 aliphatic rings. The van der Waals surface area contributed by atoms with Gasteiger partial charge in [-0.2, -0.15) is 0 Å². The molecule has 0 unspecified atom stereocenters. The van der Waals surface area contributed by atoms with Crippen LogP contribution < -0.4 is 20.3 Å². The number of hydrogen-bond acceptors (Lipinski definition) is 4. The van der Waals surface area contributed by atoms with Crippen LogP contribution in [0.3, 0.4) is 0 Å². The van der Waals surface area contributed by atoms with Crippen molar-refractivity contribution in [2.24, 2.45) is 0 Å². The number of benzene rings is 2. The van der Waals surface area contributed by atoms with Gasteiger partial charge < -0.3 is 9.47 Å². The first-order valence-corrected chi connectivity index (χ1v) is 7.79. The highest BCUT2D eigenvalue weighted by Crippen LogP contribution is 2.28. The minimum atomic E-state index is -0.761. The van der Waals surface area contributed by atoms with Gasteiger partial charge in [0.2, 0.25) is 0 Å². The Morgan fingerprint density at radius 3 is 2.62 bits per heavy atom. The van der Waals surface area contributed by atoms with Gasteiger partial charge in [0.1, 0.15) is 5.82 Å². The van der Waals surface area contributed by atoms with Crippen LogP contribution in [0.5, 0.6) is 11.5 Å². The molecule has 0 spiro atoms. The summed E-state index contributed by atoms with van der Waals surface area (Å²) in [5.41, 5.74) is 5.11. The second kappa shape index (κ2) is 9.22. The molecule has 0 saturated carbocycles. The number of amides is 2. The molecule has 0 aromatic heterocycles. The number of allylic oxidation sites excluding steroid dienone is 1. The number of nitrogens with one attached hydrogen (secondary N) is 2. The second-order valence-corrected chi connectivity index (χ2v) is 5.25. The highest BCUT2D eigenvalue weighted by Gasteiger charge is 2.12. The van der Waals surface area contributed by atoms with Gasteiger partial charge in [-0.05, 0) is 36.2 Å². The van der Waals surface area contributed by atoms with Gasteiger partial charge in [0, 0.05) is 0 Å². The minimum Gasteiger partial charge on any atom is -0.493 e. The van der Waals surface area contributed by atoms with Crippen molar-refractivity contribution < 1.29 is 23.5 Å². The normalized spacial score (nSPS) is 9.92. The first-order valence-electron chi connectivity index (χ1n) is 7.79. The molecular weight excluding hydrogens is 339 g/mol. The van der Waals surface area contributed by atoms with Gasteiger partial charge in [0.05, 0.1) is 12.7 Å². The Kier molecular flexibility index (Phi) is 6.73. The van der Waals surface area contributed by atoms with E-state index in [-0.39, 0.29) is 12.2 Å². The quantitative estimate of drug-likeness (QED) is 0.589. The van der Waals surface area contributed by atoms with Crippen molar-refractivity contribution in [2.45, 2.75) is 6.42 Å². The van der Waals surface area contributed by atoms with Crippen molar-refractivity contribution in [3.05, 3.63) is 72.1 Å². The molecule has 26 heavy (non-hydrogen) atoms. The maximum absolute atomic E-state index is 13.5. The van der Waals surface area contributed by atoms with Crippen molar-refractivity contribution in [3.8, 4) is 11.5 Å². The van der Waals surface area contributed by atoms with Crippen LogP contribution in [0.2, 0.25) is 0 Å². The summed E-state index contributed by atoms with van der Waals surface area (Å²) in [6.07, 6.45) is 2.44.